The predicted octanol–water partition coefficient (Wildman–Crippen LogP) is 3.40. The third-order valence-electron chi connectivity index (χ3n) is 3.01. The van der Waals surface area contributed by atoms with Crippen LogP contribution >= 0.6 is 15.9 Å². The molecule has 0 bridgehead atoms. The average Bonchev–Trinajstić information content (AvgIpc) is 2.84. The topological polar surface area (TPSA) is 42.2 Å². The number of halogens is 2. The van der Waals surface area contributed by atoms with Crippen molar-refractivity contribution in [2.45, 2.75) is 12.1 Å². The second kappa shape index (κ2) is 3.95. The van der Waals surface area contributed by atoms with Crippen LogP contribution in [0.5, 0.6) is 0 Å². The Kier molecular flexibility index (Phi) is 2.52. The van der Waals surface area contributed by atoms with Crippen molar-refractivity contribution >= 4 is 27.5 Å². The zero-order valence-corrected chi connectivity index (χ0v) is 10.8. The van der Waals surface area contributed by atoms with E-state index in [1.54, 1.807) is 36.4 Å². The Morgan fingerprint density at radius 3 is 2.78 bits per heavy atom. The molecule has 0 saturated heterocycles. The summed E-state index contributed by atoms with van der Waals surface area (Å²) in [5.41, 5.74) is -1.17. The molecule has 1 aliphatic rings. The number of rotatable bonds is 2. The van der Waals surface area contributed by atoms with Crippen molar-refractivity contribution < 1.29 is 13.6 Å². The minimum Gasteiger partial charge on any atom is -0.454 e. The zero-order chi connectivity index (χ0) is 12.8. The fourth-order valence-electron chi connectivity index (χ4n) is 2.14. The Balaban J connectivity index is 2.01. The lowest BCUT2D eigenvalue weighted by atomic mass is 9.93. The number of amides is 1. The Bertz CT molecular complexity index is 625. The van der Waals surface area contributed by atoms with E-state index in [1.807, 2.05) is 0 Å². The molecule has 0 fully saturated rings. The first kappa shape index (κ1) is 11.5. The molecule has 3 nitrogen and oxygen atoms in total. The van der Waals surface area contributed by atoms with Gasteiger partial charge < -0.3 is 9.73 Å². The summed E-state index contributed by atoms with van der Waals surface area (Å²) in [6.45, 7) is 0. The van der Waals surface area contributed by atoms with Crippen LogP contribution < -0.4 is 5.32 Å². The van der Waals surface area contributed by atoms with Gasteiger partial charge >= 0.3 is 0 Å². The van der Waals surface area contributed by atoms with Gasteiger partial charge in [0.2, 0.25) is 5.67 Å². The molecule has 2 heterocycles. The van der Waals surface area contributed by atoms with E-state index in [-0.39, 0.29) is 6.42 Å². The quantitative estimate of drug-likeness (QED) is 0.924. The van der Waals surface area contributed by atoms with Gasteiger partial charge in [0.1, 0.15) is 5.76 Å². The van der Waals surface area contributed by atoms with E-state index in [1.165, 1.54) is 0 Å². The molecule has 0 saturated carbocycles. The van der Waals surface area contributed by atoms with Crippen LogP contribution in [0.2, 0.25) is 0 Å². The Morgan fingerprint density at radius 2 is 2.06 bits per heavy atom. The van der Waals surface area contributed by atoms with Crippen molar-refractivity contribution in [3.8, 4) is 0 Å². The van der Waals surface area contributed by atoms with Crippen LogP contribution in [0.1, 0.15) is 11.3 Å². The van der Waals surface area contributed by atoms with Gasteiger partial charge in [-0.25, -0.2) is 4.39 Å². The molecule has 2 aromatic rings. The molecule has 18 heavy (non-hydrogen) atoms. The van der Waals surface area contributed by atoms with Crippen molar-refractivity contribution in [1.29, 1.82) is 0 Å². The Hall–Kier alpha value is -1.62. The summed E-state index contributed by atoms with van der Waals surface area (Å²) in [4.78, 5) is 11.8. The minimum absolute atomic E-state index is 0.110. The van der Waals surface area contributed by atoms with Gasteiger partial charge in [-0.15, -0.1) is 0 Å². The van der Waals surface area contributed by atoms with Gasteiger partial charge in [-0.1, -0.05) is 18.2 Å². The SMILES string of the molecule is O=C1Nc2ccccc2C1(F)Cc1ccc(Br)o1. The number of anilines is 1. The van der Waals surface area contributed by atoms with Gasteiger partial charge in [-0.3, -0.25) is 4.79 Å². The predicted molar refractivity (Wildman–Crippen MR) is 68.0 cm³/mol. The van der Waals surface area contributed by atoms with Gasteiger partial charge in [0.25, 0.3) is 5.91 Å². The number of benzene rings is 1. The van der Waals surface area contributed by atoms with Crippen LogP contribution in [0.25, 0.3) is 0 Å². The number of fused-ring (bicyclic) bond motifs is 1. The summed E-state index contributed by atoms with van der Waals surface area (Å²) in [6, 6.07) is 10.1. The first-order valence-corrected chi connectivity index (χ1v) is 6.23. The molecule has 0 radical (unpaired) electrons. The Morgan fingerprint density at radius 1 is 1.28 bits per heavy atom. The van der Waals surface area contributed by atoms with Crippen molar-refractivity contribution in [3.05, 3.63) is 52.4 Å². The van der Waals surface area contributed by atoms with E-state index in [0.717, 1.165) is 0 Å². The maximum Gasteiger partial charge on any atom is 0.267 e. The molecule has 3 rings (SSSR count). The molecule has 1 unspecified atom stereocenters. The minimum atomic E-state index is -2.06. The van der Waals surface area contributed by atoms with Crippen molar-refractivity contribution in [2.75, 3.05) is 5.32 Å². The molecule has 1 aromatic carbocycles. The number of hydrogen-bond acceptors (Lipinski definition) is 2. The van der Waals surface area contributed by atoms with Gasteiger partial charge in [-0.2, -0.15) is 0 Å². The van der Waals surface area contributed by atoms with E-state index in [4.69, 9.17) is 4.42 Å². The van der Waals surface area contributed by atoms with Crippen LogP contribution in [0, 0.1) is 0 Å². The lowest BCUT2D eigenvalue weighted by Crippen LogP contribution is -2.31. The van der Waals surface area contributed by atoms with Gasteiger partial charge in [0, 0.05) is 11.3 Å². The number of alkyl halides is 1. The van der Waals surface area contributed by atoms with Crippen molar-refractivity contribution in [3.63, 3.8) is 0 Å². The van der Waals surface area contributed by atoms with Crippen LogP contribution in [0.4, 0.5) is 10.1 Å². The highest BCUT2D eigenvalue weighted by atomic mass is 79.9. The van der Waals surface area contributed by atoms with Crippen LogP contribution in [-0.2, 0) is 16.9 Å². The smallest absolute Gasteiger partial charge is 0.267 e. The van der Waals surface area contributed by atoms with Gasteiger partial charge in [0.05, 0.1) is 6.42 Å². The van der Waals surface area contributed by atoms with E-state index in [2.05, 4.69) is 21.2 Å². The molecular formula is C13H9BrFNO2. The number of carbonyl (C=O) groups is 1. The highest BCUT2D eigenvalue weighted by molar-refractivity contribution is 9.10. The summed E-state index contributed by atoms with van der Waals surface area (Å²) in [6.07, 6.45) is -0.110. The second-order valence-electron chi connectivity index (χ2n) is 4.18. The fraction of sp³-hybridized carbons (Fsp3) is 0.154. The normalized spacial score (nSPS) is 21.8. The largest absolute Gasteiger partial charge is 0.454 e. The van der Waals surface area contributed by atoms with Gasteiger partial charge in [-0.05, 0) is 34.1 Å². The molecule has 5 heteroatoms. The summed E-state index contributed by atoms with van der Waals surface area (Å²) in [7, 11) is 0. The molecular weight excluding hydrogens is 301 g/mol. The fourth-order valence-corrected chi connectivity index (χ4v) is 2.48. The molecule has 1 aliphatic heterocycles. The third-order valence-corrected chi connectivity index (χ3v) is 3.43. The molecule has 0 spiro atoms. The van der Waals surface area contributed by atoms with E-state index in [0.29, 0.717) is 21.7 Å². The monoisotopic (exact) mass is 309 g/mol. The van der Waals surface area contributed by atoms with E-state index in [9.17, 15) is 9.18 Å². The maximum atomic E-state index is 14.9. The first-order valence-electron chi connectivity index (χ1n) is 5.44. The summed E-state index contributed by atoms with van der Waals surface area (Å²) >= 11 is 3.16. The first-order chi connectivity index (χ1) is 8.59. The van der Waals surface area contributed by atoms with E-state index >= 15 is 0 Å². The summed E-state index contributed by atoms with van der Waals surface area (Å²) in [5, 5.41) is 2.55. The molecule has 1 N–H and O–H groups in total. The van der Waals surface area contributed by atoms with Crippen molar-refractivity contribution in [2.24, 2.45) is 0 Å². The number of carbonyl (C=O) groups excluding carboxylic acids is 1. The third kappa shape index (κ3) is 1.66. The Labute approximate surface area is 111 Å². The molecule has 0 aliphatic carbocycles. The highest BCUT2D eigenvalue weighted by Crippen LogP contribution is 2.41. The maximum absolute atomic E-state index is 14.9. The molecule has 1 amide bonds. The highest BCUT2D eigenvalue weighted by Gasteiger charge is 2.48. The van der Waals surface area contributed by atoms with Crippen LogP contribution in [0.15, 0.2) is 45.5 Å². The second-order valence-corrected chi connectivity index (χ2v) is 4.97. The number of hydrogen-bond donors (Lipinski definition) is 1. The molecule has 1 aromatic heterocycles. The molecule has 1 atom stereocenters. The lowest BCUT2D eigenvalue weighted by Gasteiger charge is -2.16. The number of para-hydroxylation sites is 1. The standard InChI is InChI=1S/C13H9BrFNO2/c14-11-6-5-8(18-11)7-13(15)9-3-1-2-4-10(9)16-12(13)17/h1-6H,7H2,(H,16,17). The number of furan rings is 1. The summed E-state index contributed by atoms with van der Waals surface area (Å²) in [5.74, 6) is -0.215. The number of nitrogens with one attached hydrogen (secondary N) is 1. The zero-order valence-electron chi connectivity index (χ0n) is 9.24. The summed E-state index contributed by atoms with van der Waals surface area (Å²) < 4.78 is 20.7. The lowest BCUT2D eigenvalue weighted by molar-refractivity contribution is -0.127. The van der Waals surface area contributed by atoms with Crippen LogP contribution in [-0.4, -0.2) is 5.91 Å². The van der Waals surface area contributed by atoms with Crippen molar-refractivity contribution in [1.82, 2.24) is 0 Å². The van der Waals surface area contributed by atoms with E-state index < -0.39 is 11.6 Å². The molecule has 92 valence electrons. The average molecular weight is 310 g/mol. The van der Waals surface area contributed by atoms with Crippen LogP contribution in [0.3, 0.4) is 0 Å². The van der Waals surface area contributed by atoms with Gasteiger partial charge in [0.15, 0.2) is 4.67 Å².